The molecule has 0 fully saturated rings. The van der Waals surface area contributed by atoms with Crippen LogP contribution in [0.2, 0.25) is 0 Å². The lowest BCUT2D eigenvalue weighted by Gasteiger charge is -2.19. The molecular weight excluding hydrogens is 293 g/mol. The number of primary amides is 1. The summed E-state index contributed by atoms with van der Waals surface area (Å²) in [6.07, 6.45) is 0. The Morgan fingerprint density at radius 3 is 2.10 bits per heavy atom. The minimum Gasteiger partial charge on any atom is -0.351 e. The number of thioether (sulfide) groups is 1. The fraction of sp³-hybridized carbons (Fsp3) is 0.333. The second-order valence-electron chi connectivity index (χ2n) is 4.33. The van der Waals surface area contributed by atoms with Gasteiger partial charge in [0.05, 0.1) is 10.1 Å². The molecular formula is C12H13F3N2O2S. The van der Waals surface area contributed by atoms with Gasteiger partial charge in [-0.25, -0.2) is 18.0 Å². The second kappa shape index (κ2) is 6.65. The molecule has 4 nitrogen and oxygen atoms in total. The smallest absolute Gasteiger partial charge is 0.318 e. The van der Waals surface area contributed by atoms with E-state index >= 15 is 0 Å². The maximum atomic E-state index is 13.5. The Labute approximate surface area is 117 Å². The molecule has 8 heteroatoms. The molecule has 0 radical (unpaired) electrons. The Kier molecular flexibility index (Phi) is 5.43. The number of rotatable bonds is 4. The van der Waals surface area contributed by atoms with Gasteiger partial charge in [0, 0.05) is 12.1 Å². The van der Waals surface area contributed by atoms with Crippen molar-refractivity contribution in [3.63, 3.8) is 0 Å². The Morgan fingerprint density at radius 2 is 1.70 bits per heavy atom. The highest BCUT2D eigenvalue weighted by Gasteiger charge is 2.27. The van der Waals surface area contributed by atoms with Gasteiger partial charge in [0.2, 0.25) is 5.91 Å². The molecule has 0 aliphatic heterocycles. The summed E-state index contributed by atoms with van der Waals surface area (Å²) in [5.41, 5.74) is 4.83. The van der Waals surface area contributed by atoms with E-state index in [4.69, 9.17) is 5.73 Å². The number of benzene rings is 1. The van der Waals surface area contributed by atoms with E-state index in [-0.39, 0.29) is 5.92 Å². The van der Waals surface area contributed by atoms with Crippen molar-refractivity contribution in [2.75, 3.05) is 0 Å². The van der Waals surface area contributed by atoms with E-state index in [0.717, 1.165) is 0 Å². The van der Waals surface area contributed by atoms with Gasteiger partial charge in [0.1, 0.15) is 17.5 Å². The molecule has 0 bridgehead atoms. The summed E-state index contributed by atoms with van der Waals surface area (Å²) in [6, 6.07) is -0.00913. The Hall–Kier alpha value is -1.70. The standard InChI is InChI=1S/C12H13F3N2O2S/c1-5(2)9(11(18)17-12(16)19)20-10-7(14)3-6(13)4-8(10)15/h3-5,9H,1-2H3,(H3,16,17,18,19)/t9-/m0/s1. The van der Waals surface area contributed by atoms with Crippen LogP contribution in [-0.2, 0) is 4.79 Å². The van der Waals surface area contributed by atoms with Gasteiger partial charge in [-0.3, -0.25) is 10.1 Å². The summed E-state index contributed by atoms with van der Waals surface area (Å²) < 4.78 is 39.9. The zero-order valence-corrected chi connectivity index (χ0v) is 11.6. The van der Waals surface area contributed by atoms with Crippen molar-refractivity contribution in [3.8, 4) is 0 Å². The third kappa shape index (κ3) is 4.16. The minimum atomic E-state index is -1.11. The van der Waals surface area contributed by atoms with Gasteiger partial charge >= 0.3 is 6.03 Å². The van der Waals surface area contributed by atoms with Crippen LogP contribution in [0.1, 0.15) is 13.8 Å². The fourth-order valence-electron chi connectivity index (χ4n) is 1.45. The quantitative estimate of drug-likeness (QED) is 0.839. The van der Waals surface area contributed by atoms with Gasteiger partial charge in [-0.15, -0.1) is 11.8 Å². The van der Waals surface area contributed by atoms with E-state index in [1.807, 2.05) is 5.32 Å². The number of nitrogens with two attached hydrogens (primary N) is 1. The lowest BCUT2D eigenvalue weighted by Crippen LogP contribution is -2.42. The number of hydrogen-bond donors (Lipinski definition) is 2. The lowest BCUT2D eigenvalue weighted by atomic mass is 10.1. The van der Waals surface area contributed by atoms with E-state index < -0.39 is 39.5 Å². The largest absolute Gasteiger partial charge is 0.351 e. The summed E-state index contributed by atoms with van der Waals surface area (Å²) in [5.74, 6) is -4.36. The summed E-state index contributed by atoms with van der Waals surface area (Å²) in [5, 5.41) is 0.908. The van der Waals surface area contributed by atoms with Gasteiger partial charge < -0.3 is 5.73 Å². The van der Waals surface area contributed by atoms with Crippen LogP contribution in [0.3, 0.4) is 0 Å². The third-order valence-electron chi connectivity index (χ3n) is 2.32. The van der Waals surface area contributed by atoms with Crippen molar-refractivity contribution in [3.05, 3.63) is 29.6 Å². The van der Waals surface area contributed by atoms with Crippen molar-refractivity contribution >= 4 is 23.7 Å². The number of halogens is 3. The van der Waals surface area contributed by atoms with E-state index in [1.165, 1.54) is 0 Å². The molecule has 0 aromatic heterocycles. The lowest BCUT2D eigenvalue weighted by molar-refractivity contribution is -0.120. The van der Waals surface area contributed by atoms with E-state index in [0.29, 0.717) is 23.9 Å². The number of hydrogen-bond acceptors (Lipinski definition) is 3. The molecule has 0 saturated carbocycles. The highest BCUT2D eigenvalue weighted by Crippen LogP contribution is 2.32. The highest BCUT2D eigenvalue weighted by atomic mass is 32.2. The third-order valence-corrected chi connectivity index (χ3v) is 3.96. The van der Waals surface area contributed by atoms with Crippen molar-refractivity contribution in [2.24, 2.45) is 11.7 Å². The number of nitrogens with one attached hydrogen (secondary N) is 1. The maximum Gasteiger partial charge on any atom is 0.318 e. The number of carbonyl (C=O) groups is 2. The van der Waals surface area contributed by atoms with Crippen LogP contribution in [0.5, 0.6) is 0 Å². The van der Waals surface area contributed by atoms with E-state index in [9.17, 15) is 22.8 Å². The van der Waals surface area contributed by atoms with Crippen LogP contribution < -0.4 is 11.1 Å². The predicted molar refractivity (Wildman–Crippen MR) is 68.5 cm³/mol. The molecule has 20 heavy (non-hydrogen) atoms. The number of carbonyl (C=O) groups excluding carboxylic acids is 2. The first-order valence-corrected chi connectivity index (χ1v) is 6.51. The summed E-state index contributed by atoms with van der Waals surface area (Å²) in [6.45, 7) is 3.27. The van der Waals surface area contributed by atoms with Crippen molar-refractivity contribution in [2.45, 2.75) is 24.0 Å². The molecule has 3 N–H and O–H groups in total. The number of urea groups is 1. The van der Waals surface area contributed by atoms with E-state index in [2.05, 4.69) is 0 Å². The number of amides is 3. The van der Waals surface area contributed by atoms with E-state index in [1.54, 1.807) is 13.8 Å². The molecule has 1 aromatic rings. The molecule has 0 aliphatic rings. The highest BCUT2D eigenvalue weighted by molar-refractivity contribution is 8.00. The molecule has 0 aliphatic carbocycles. The first kappa shape index (κ1) is 16.4. The average Bonchev–Trinajstić information content (AvgIpc) is 2.25. The summed E-state index contributed by atoms with van der Waals surface area (Å²) in [4.78, 5) is 21.9. The first-order valence-electron chi connectivity index (χ1n) is 5.64. The predicted octanol–water partition coefficient (Wildman–Crippen LogP) is 2.42. The monoisotopic (exact) mass is 306 g/mol. The van der Waals surface area contributed by atoms with Crippen LogP contribution in [0.4, 0.5) is 18.0 Å². The first-order chi connectivity index (χ1) is 9.22. The molecule has 3 amide bonds. The average molecular weight is 306 g/mol. The summed E-state index contributed by atoms with van der Waals surface area (Å²) >= 11 is 0.572. The number of imide groups is 1. The normalized spacial score (nSPS) is 12.3. The van der Waals surface area contributed by atoms with Crippen molar-refractivity contribution in [1.82, 2.24) is 5.32 Å². The van der Waals surface area contributed by atoms with Gasteiger partial charge in [-0.1, -0.05) is 13.8 Å². The molecule has 0 heterocycles. The zero-order valence-electron chi connectivity index (χ0n) is 10.7. The molecule has 110 valence electrons. The van der Waals surface area contributed by atoms with Gasteiger partial charge in [-0.2, -0.15) is 0 Å². The van der Waals surface area contributed by atoms with Crippen molar-refractivity contribution < 1.29 is 22.8 Å². The van der Waals surface area contributed by atoms with Crippen molar-refractivity contribution in [1.29, 1.82) is 0 Å². The van der Waals surface area contributed by atoms with Crippen LogP contribution in [-0.4, -0.2) is 17.2 Å². The molecule has 0 saturated heterocycles. The van der Waals surface area contributed by atoms with Gasteiger partial charge in [0.25, 0.3) is 0 Å². The molecule has 0 unspecified atom stereocenters. The van der Waals surface area contributed by atoms with Crippen LogP contribution in [0, 0.1) is 23.4 Å². The summed E-state index contributed by atoms with van der Waals surface area (Å²) in [7, 11) is 0. The Balaban J connectivity index is 3.03. The SMILES string of the molecule is CC(C)[C@H](Sc1c(F)cc(F)cc1F)C(=O)NC(N)=O. The molecule has 0 spiro atoms. The molecule has 1 rings (SSSR count). The Morgan fingerprint density at radius 1 is 1.20 bits per heavy atom. The zero-order chi connectivity index (χ0) is 15.4. The topological polar surface area (TPSA) is 72.2 Å². The maximum absolute atomic E-state index is 13.5. The van der Waals surface area contributed by atoms with Crippen LogP contribution in [0.15, 0.2) is 17.0 Å². The second-order valence-corrected chi connectivity index (χ2v) is 5.49. The van der Waals surface area contributed by atoms with Crippen LogP contribution in [0.25, 0.3) is 0 Å². The van der Waals surface area contributed by atoms with Gasteiger partial charge in [-0.05, 0) is 5.92 Å². The molecule has 1 atom stereocenters. The Bertz CT molecular complexity index is 514. The molecule has 1 aromatic carbocycles. The van der Waals surface area contributed by atoms with Crippen LogP contribution >= 0.6 is 11.8 Å². The van der Waals surface area contributed by atoms with Gasteiger partial charge in [0.15, 0.2) is 0 Å². The fourth-order valence-corrected chi connectivity index (χ4v) is 2.49. The minimum absolute atomic E-state index is 0.330.